The zero-order chi connectivity index (χ0) is 25.9. The number of amides is 2. The number of anilines is 1. The summed E-state index contributed by atoms with van der Waals surface area (Å²) >= 11 is 2.74. The molecule has 0 spiro atoms. The van der Waals surface area contributed by atoms with Crippen molar-refractivity contribution in [1.29, 1.82) is 0 Å². The van der Waals surface area contributed by atoms with Gasteiger partial charge in [0.05, 0.1) is 10.8 Å². The smallest absolute Gasteiger partial charge is 0.306 e. The molecule has 192 valence electrons. The lowest BCUT2D eigenvalue weighted by Gasteiger charge is -2.36. The Balaban J connectivity index is 1.29. The minimum absolute atomic E-state index is 0.0121. The Bertz CT molecular complexity index is 1380. The summed E-state index contributed by atoms with van der Waals surface area (Å²) in [5.74, 6) is -0.720. The summed E-state index contributed by atoms with van der Waals surface area (Å²) in [7, 11) is 0. The molecule has 2 atom stereocenters. The highest BCUT2D eigenvalue weighted by molar-refractivity contribution is 7.14. The second-order valence-corrected chi connectivity index (χ2v) is 11.0. The van der Waals surface area contributed by atoms with E-state index in [4.69, 9.17) is 9.40 Å². The van der Waals surface area contributed by atoms with Crippen LogP contribution in [0, 0.1) is 5.92 Å². The van der Waals surface area contributed by atoms with Crippen LogP contribution in [0.1, 0.15) is 42.3 Å². The molecular formula is C27H27N3O5S2. The molecule has 2 amide bonds. The molecule has 0 aliphatic carbocycles. The van der Waals surface area contributed by atoms with E-state index in [1.54, 1.807) is 15.9 Å². The number of likely N-dealkylation sites (tertiary alicyclic amines) is 1. The van der Waals surface area contributed by atoms with Gasteiger partial charge in [-0.1, -0.05) is 24.3 Å². The predicted octanol–water partition coefficient (Wildman–Crippen LogP) is 5.76. The average molecular weight is 538 g/mol. The SMILES string of the molecule is CC1CC(C(=O)O)CCN1C(=O)CCCN(C(=O)c1cccs1)c1nc(-c2cc3ccccc3o2)cs1. The topological polar surface area (TPSA) is 104 Å². The molecule has 2 unspecified atom stereocenters. The first-order valence-electron chi connectivity index (χ1n) is 12.2. The molecule has 1 saturated heterocycles. The van der Waals surface area contributed by atoms with E-state index in [-0.39, 0.29) is 24.3 Å². The molecule has 1 aliphatic rings. The van der Waals surface area contributed by atoms with Crippen molar-refractivity contribution in [3.05, 3.63) is 58.1 Å². The van der Waals surface area contributed by atoms with Gasteiger partial charge in [0.25, 0.3) is 5.91 Å². The van der Waals surface area contributed by atoms with E-state index >= 15 is 0 Å². The molecule has 1 fully saturated rings. The number of thiazole rings is 1. The predicted molar refractivity (Wildman–Crippen MR) is 144 cm³/mol. The van der Waals surface area contributed by atoms with Gasteiger partial charge in [0.15, 0.2) is 10.9 Å². The first-order chi connectivity index (χ1) is 17.9. The standard InChI is InChI=1S/C27H27N3O5S2/c1-17-14-19(26(33)34)10-12-29(17)24(31)9-4-11-30(25(32)23-8-5-13-36-23)27-28-20(16-37-27)22-15-18-6-2-3-7-21(18)35-22/h2-3,5-8,13,15-17,19H,4,9-12,14H2,1H3,(H,33,34). The van der Waals surface area contributed by atoms with E-state index in [0.717, 1.165) is 11.0 Å². The van der Waals surface area contributed by atoms with Crippen LogP contribution in [0.2, 0.25) is 0 Å². The van der Waals surface area contributed by atoms with Crippen molar-refractivity contribution >= 4 is 56.6 Å². The van der Waals surface area contributed by atoms with Crippen LogP contribution in [0.5, 0.6) is 0 Å². The van der Waals surface area contributed by atoms with Crippen LogP contribution < -0.4 is 4.90 Å². The summed E-state index contributed by atoms with van der Waals surface area (Å²) in [4.78, 5) is 46.3. The highest BCUT2D eigenvalue weighted by atomic mass is 32.1. The van der Waals surface area contributed by atoms with Crippen LogP contribution in [-0.4, -0.2) is 51.9 Å². The third-order valence-electron chi connectivity index (χ3n) is 6.70. The number of piperidine rings is 1. The Hall–Kier alpha value is -3.50. The van der Waals surface area contributed by atoms with Crippen LogP contribution in [0.3, 0.4) is 0 Å². The number of nitrogens with zero attached hydrogens (tertiary/aromatic N) is 3. The Morgan fingerprint density at radius 2 is 2.03 bits per heavy atom. The first-order valence-corrected chi connectivity index (χ1v) is 14.0. The number of furan rings is 1. The van der Waals surface area contributed by atoms with Gasteiger partial charge in [-0.25, -0.2) is 4.98 Å². The minimum atomic E-state index is -0.799. The molecule has 10 heteroatoms. The Morgan fingerprint density at radius 3 is 2.76 bits per heavy atom. The molecule has 0 radical (unpaired) electrons. The number of hydrogen-bond donors (Lipinski definition) is 1. The van der Waals surface area contributed by atoms with Gasteiger partial charge >= 0.3 is 5.97 Å². The number of benzene rings is 1. The molecule has 0 saturated carbocycles. The molecule has 8 nitrogen and oxygen atoms in total. The van der Waals surface area contributed by atoms with E-state index in [1.165, 1.54) is 22.7 Å². The second-order valence-electron chi connectivity index (χ2n) is 9.20. The molecule has 0 bridgehead atoms. The Labute approximate surface area is 222 Å². The molecule has 37 heavy (non-hydrogen) atoms. The van der Waals surface area contributed by atoms with E-state index in [2.05, 4.69) is 0 Å². The molecule has 4 heterocycles. The van der Waals surface area contributed by atoms with Crippen LogP contribution >= 0.6 is 22.7 Å². The monoisotopic (exact) mass is 537 g/mol. The van der Waals surface area contributed by atoms with Crippen molar-refractivity contribution in [2.45, 2.75) is 38.6 Å². The van der Waals surface area contributed by atoms with Crippen molar-refractivity contribution in [3.63, 3.8) is 0 Å². The van der Waals surface area contributed by atoms with E-state index in [9.17, 15) is 19.5 Å². The second kappa shape index (κ2) is 10.9. The fourth-order valence-corrected chi connectivity index (χ4v) is 6.24. The summed E-state index contributed by atoms with van der Waals surface area (Å²) < 4.78 is 5.95. The van der Waals surface area contributed by atoms with Gasteiger partial charge in [0, 0.05) is 36.3 Å². The highest BCUT2D eigenvalue weighted by Gasteiger charge is 2.32. The number of carboxylic acids is 1. The van der Waals surface area contributed by atoms with E-state index in [1.807, 2.05) is 54.1 Å². The number of hydrogen-bond acceptors (Lipinski definition) is 7. The molecule has 1 aromatic carbocycles. The molecule has 1 aliphatic heterocycles. The van der Waals surface area contributed by atoms with Crippen LogP contribution in [-0.2, 0) is 9.59 Å². The lowest BCUT2D eigenvalue weighted by Crippen LogP contribution is -2.46. The summed E-state index contributed by atoms with van der Waals surface area (Å²) in [5, 5.41) is 14.6. The van der Waals surface area contributed by atoms with Crippen molar-refractivity contribution in [2.75, 3.05) is 18.0 Å². The average Bonchev–Trinajstić information content (AvgIpc) is 3.66. The van der Waals surface area contributed by atoms with Gasteiger partial charge in [-0.15, -0.1) is 22.7 Å². The number of fused-ring (bicyclic) bond motifs is 1. The zero-order valence-electron chi connectivity index (χ0n) is 20.3. The van der Waals surface area contributed by atoms with Crippen molar-refractivity contribution in [3.8, 4) is 11.5 Å². The van der Waals surface area contributed by atoms with E-state index < -0.39 is 11.9 Å². The first kappa shape index (κ1) is 25.2. The molecular weight excluding hydrogens is 510 g/mol. The zero-order valence-corrected chi connectivity index (χ0v) is 22.0. The van der Waals surface area contributed by atoms with E-state index in [0.29, 0.717) is 53.8 Å². The molecule has 1 N–H and O–H groups in total. The van der Waals surface area contributed by atoms with Gasteiger partial charge < -0.3 is 14.4 Å². The summed E-state index contributed by atoms with van der Waals surface area (Å²) in [6.07, 6.45) is 1.69. The van der Waals surface area contributed by atoms with Crippen LogP contribution in [0.15, 0.2) is 57.6 Å². The van der Waals surface area contributed by atoms with Crippen molar-refractivity contribution in [1.82, 2.24) is 9.88 Å². The summed E-state index contributed by atoms with van der Waals surface area (Å²) in [6, 6.07) is 13.2. The largest absolute Gasteiger partial charge is 0.481 e. The number of carbonyl (C=O) groups excluding carboxylic acids is 2. The number of thiophene rings is 1. The number of carboxylic acid groups (broad SMARTS) is 1. The lowest BCUT2D eigenvalue weighted by atomic mass is 9.91. The molecule has 3 aromatic heterocycles. The third kappa shape index (κ3) is 5.45. The quantitative estimate of drug-likeness (QED) is 0.307. The van der Waals surface area contributed by atoms with Gasteiger partial charge in [-0.3, -0.25) is 19.3 Å². The normalized spacial score (nSPS) is 17.7. The van der Waals surface area contributed by atoms with Crippen molar-refractivity contribution in [2.24, 2.45) is 5.92 Å². The summed E-state index contributed by atoms with van der Waals surface area (Å²) in [5.41, 5.74) is 1.44. The van der Waals surface area contributed by atoms with Gasteiger partial charge in [0.1, 0.15) is 11.3 Å². The van der Waals surface area contributed by atoms with Crippen LogP contribution in [0.25, 0.3) is 22.4 Å². The number of para-hydroxylation sites is 1. The maximum atomic E-state index is 13.4. The third-order valence-corrected chi connectivity index (χ3v) is 8.42. The molecule has 4 aromatic rings. The molecule has 5 rings (SSSR count). The maximum Gasteiger partial charge on any atom is 0.306 e. The number of aromatic nitrogens is 1. The van der Waals surface area contributed by atoms with Crippen molar-refractivity contribution < 1.29 is 23.9 Å². The fraction of sp³-hybridized carbons (Fsp3) is 0.333. The number of aliphatic carboxylic acids is 1. The minimum Gasteiger partial charge on any atom is -0.481 e. The highest BCUT2D eigenvalue weighted by Crippen LogP contribution is 2.33. The van der Waals surface area contributed by atoms with Gasteiger partial charge in [-0.2, -0.15) is 0 Å². The Morgan fingerprint density at radius 1 is 1.19 bits per heavy atom. The van der Waals surface area contributed by atoms with Gasteiger partial charge in [0.2, 0.25) is 5.91 Å². The fourth-order valence-electron chi connectivity index (χ4n) is 4.73. The Kier molecular flexibility index (Phi) is 7.38. The summed E-state index contributed by atoms with van der Waals surface area (Å²) in [6.45, 7) is 2.69. The van der Waals surface area contributed by atoms with Gasteiger partial charge in [-0.05, 0) is 49.8 Å². The lowest BCUT2D eigenvalue weighted by molar-refractivity contribution is -0.147. The number of rotatable bonds is 8. The number of carbonyl (C=O) groups is 3. The van der Waals surface area contributed by atoms with Crippen LogP contribution in [0.4, 0.5) is 5.13 Å². The maximum absolute atomic E-state index is 13.4.